The third-order valence-electron chi connectivity index (χ3n) is 3.63. The molecule has 0 unspecified atom stereocenters. The number of nitrogens with zero attached hydrogens (tertiary/aromatic N) is 2. The Morgan fingerprint density at radius 2 is 1.71 bits per heavy atom. The van der Waals surface area contributed by atoms with Crippen LogP contribution in [0.15, 0.2) is 58.8 Å². The van der Waals surface area contributed by atoms with Gasteiger partial charge in [-0.15, -0.1) is 0 Å². The van der Waals surface area contributed by atoms with Crippen molar-refractivity contribution in [3.8, 4) is 5.75 Å². The number of hydrogen-bond acceptors (Lipinski definition) is 5. The van der Waals surface area contributed by atoms with Crippen molar-refractivity contribution in [2.45, 2.75) is 19.7 Å². The molecule has 0 fully saturated rings. The maximum atomic E-state index is 12.5. The van der Waals surface area contributed by atoms with Crippen molar-refractivity contribution < 1.29 is 22.7 Å². The number of amidine groups is 1. The lowest BCUT2D eigenvalue weighted by atomic mass is 10.1. The minimum absolute atomic E-state index is 0.0702. The second-order valence-corrected chi connectivity index (χ2v) is 5.78. The van der Waals surface area contributed by atoms with Gasteiger partial charge in [0, 0.05) is 7.05 Å². The average Bonchev–Trinajstić information content (AvgIpc) is 2.66. The summed E-state index contributed by atoms with van der Waals surface area (Å²) in [6, 6.07) is 11.9. The summed E-state index contributed by atoms with van der Waals surface area (Å²) in [5.74, 6) is 0.942. The van der Waals surface area contributed by atoms with Gasteiger partial charge in [0.05, 0.1) is 11.3 Å². The normalized spacial score (nSPS) is 12.6. The van der Waals surface area contributed by atoms with Crippen LogP contribution in [0.3, 0.4) is 0 Å². The number of hydrogen-bond donors (Lipinski definition) is 2. The lowest BCUT2D eigenvalue weighted by Crippen LogP contribution is -2.23. The number of nitrogens with two attached hydrogens (primary N) is 1. The number of benzene rings is 2. The highest BCUT2D eigenvalue weighted by Gasteiger charge is 2.29. The van der Waals surface area contributed by atoms with Gasteiger partial charge in [-0.2, -0.15) is 18.3 Å². The zero-order valence-corrected chi connectivity index (χ0v) is 15.5. The van der Waals surface area contributed by atoms with Crippen LogP contribution in [0.25, 0.3) is 0 Å². The van der Waals surface area contributed by atoms with Crippen LogP contribution in [0.2, 0.25) is 0 Å². The number of hydrazone groups is 1. The van der Waals surface area contributed by atoms with Crippen LogP contribution >= 0.6 is 0 Å². The molecular weight excluding hydrogens is 373 g/mol. The number of oxime groups is 1. The van der Waals surface area contributed by atoms with Gasteiger partial charge in [0.1, 0.15) is 19.0 Å². The monoisotopic (exact) mass is 394 g/mol. The molecule has 3 N–H and O–H groups in total. The van der Waals surface area contributed by atoms with E-state index in [0.717, 1.165) is 17.7 Å². The standard InChI is InChI=1S/C19H21F3N4O2/c1-13(15-5-9-17(10-6-15)27-12-18(23)25-24-2)26-28-11-14-3-7-16(8-4-14)19(20,21)22/h3-10,24H,11-12H2,1-2H3,(H2,23,25)/b26-13+. The summed E-state index contributed by atoms with van der Waals surface area (Å²) in [5.41, 5.74) is 9.52. The molecular formula is C19H21F3N4O2. The molecule has 2 rings (SSSR count). The molecule has 0 aromatic heterocycles. The van der Waals surface area contributed by atoms with Crippen LogP contribution in [0, 0.1) is 0 Å². The van der Waals surface area contributed by atoms with Gasteiger partial charge in [-0.05, 0) is 54.4 Å². The van der Waals surface area contributed by atoms with Crippen molar-refractivity contribution >= 4 is 11.5 Å². The third kappa shape index (κ3) is 6.49. The predicted molar refractivity (Wildman–Crippen MR) is 101 cm³/mol. The minimum atomic E-state index is -4.35. The third-order valence-corrected chi connectivity index (χ3v) is 3.63. The Morgan fingerprint density at radius 1 is 1.07 bits per heavy atom. The second-order valence-electron chi connectivity index (χ2n) is 5.78. The number of alkyl halides is 3. The largest absolute Gasteiger partial charge is 0.486 e. The maximum Gasteiger partial charge on any atom is 0.416 e. The Hall–Kier alpha value is -3.23. The first-order chi connectivity index (χ1) is 13.3. The van der Waals surface area contributed by atoms with E-state index in [9.17, 15) is 13.2 Å². The van der Waals surface area contributed by atoms with Crippen LogP contribution in [0.5, 0.6) is 5.75 Å². The van der Waals surface area contributed by atoms with Crippen molar-refractivity contribution in [3.05, 3.63) is 65.2 Å². The fourth-order valence-electron chi connectivity index (χ4n) is 2.17. The number of rotatable bonds is 8. The van der Waals surface area contributed by atoms with E-state index in [0.29, 0.717) is 22.9 Å². The lowest BCUT2D eigenvalue weighted by Gasteiger charge is -2.08. The molecule has 0 saturated heterocycles. The summed E-state index contributed by atoms with van der Waals surface area (Å²) in [4.78, 5) is 5.23. The molecule has 0 atom stereocenters. The average molecular weight is 394 g/mol. The molecule has 150 valence electrons. The fourth-order valence-corrected chi connectivity index (χ4v) is 2.17. The van der Waals surface area contributed by atoms with Crippen molar-refractivity contribution in [1.29, 1.82) is 0 Å². The molecule has 0 spiro atoms. The minimum Gasteiger partial charge on any atom is -0.486 e. The molecule has 0 bridgehead atoms. The highest BCUT2D eigenvalue weighted by Crippen LogP contribution is 2.29. The Kier molecular flexibility index (Phi) is 7.25. The zero-order valence-electron chi connectivity index (χ0n) is 15.5. The second kappa shape index (κ2) is 9.63. The molecule has 0 aliphatic rings. The summed E-state index contributed by atoms with van der Waals surface area (Å²) < 4.78 is 43.1. The van der Waals surface area contributed by atoms with Crippen LogP contribution in [-0.2, 0) is 17.6 Å². The van der Waals surface area contributed by atoms with Gasteiger partial charge >= 0.3 is 6.18 Å². The summed E-state index contributed by atoms with van der Waals surface area (Å²) in [7, 11) is 1.64. The first-order valence-electron chi connectivity index (χ1n) is 8.34. The molecule has 0 heterocycles. The maximum absolute atomic E-state index is 12.5. The summed E-state index contributed by atoms with van der Waals surface area (Å²) in [6.07, 6.45) is -4.35. The highest BCUT2D eigenvalue weighted by molar-refractivity contribution is 5.98. The molecule has 9 heteroatoms. The number of nitrogens with one attached hydrogen (secondary N) is 1. The Morgan fingerprint density at radius 3 is 2.29 bits per heavy atom. The van der Waals surface area contributed by atoms with Crippen LogP contribution in [0.1, 0.15) is 23.6 Å². The zero-order chi connectivity index (χ0) is 20.6. The SMILES string of the molecule is CN/N=C(\N)COc1ccc(/C(C)=N/OCc2ccc(C(F)(F)F)cc2)cc1. The van der Waals surface area contributed by atoms with Crippen molar-refractivity contribution in [2.75, 3.05) is 13.7 Å². The van der Waals surface area contributed by atoms with Crippen molar-refractivity contribution in [2.24, 2.45) is 16.0 Å². The van der Waals surface area contributed by atoms with E-state index in [1.807, 2.05) is 0 Å². The van der Waals surface area contributed by atoms with Crippen molar-refractivity contribution in [1.82, 2.24) is 5.43 Å². The van der Waals surface area contributed by atoms with Gasteiger partial charge in [0.25, 0.3) is 0 Å². The molecule has 0 aliphatic heterocycles. The molecule has 0 saturated carbocycles. The van der Waals surface area contributed by atoms with E-state index in [1.165, 1.54) is 12.1 Å². The first-order valence-corrected chi connectivity index (χ1v) is 8.34. The predicted octanol–water partition coefficient (Wildman–Crippen LogP) is 3.52. The molecule has 2 aromatic rings. The van der Waals surface area contributed by atoms with E-state index in [4.69, 9.17) is 15.3 Å². The van der Waals surface area contributed by atoms with Gasteiger partial charge in [-0.1, -0.05) is 17.3 Å². The lowest BCUT2D eigenvalue weighted by molar-refractivity contribution is -0.137. The van der Waals surface area contributed by atoms with E-state index in [1.54, 1.807) is 38.2 Å². The Bertz CT molecular complexity index is 817. The number of halogens is 3. The van der Waals surface area contributed by atoms with Gasteiger partial charge in [-0.25, -0.2) is 0 Å². The molecule has 28 heavy (non-hydrogen) atoms. The first kappa shape index (κ1) is 21.1. The van der Waals surface area contributed by atoms with Crippen LogP contribution < -0.4 is 15.9 Å². The Labute approximate surface area is 160 Å². The van der Waals surface area contributed by atoms with Crippen molar-refractivity contribution in [3.63, 3.8) is 0 Å². The van der Waals surface area contributed by atoms with Crippen LogP contribution in [0.4, 0.5) is 13.2 Å². The summed E-state index contributed by atoms with van der Waals surface area (Å²) >= 11 is 0. The molecule has 0 aliphatic carbocycles. The van der Waals surface area contributed by atoms with Gasteiger partial charge in [0.2, 0.25) is 0 Å². The smallest absolute Gasteiger partial charge is 0.416 e. The molecule has 2 aromatic carbocycles. The van der Waals surface area contributed by atoms with E-state index in [2.05, 4.69) is 15.7 Å². The molecule has 6 nitrogen and oxygen atoms in total. The van der Waals surface area contributed by atoms with E-state index in [-0.39, 0.29) is 13.2 Å². The molecule has 0 amide bonds. The summed E-state index contributed by atoms with van der Waals surface area (Å²) in [6.45, 7) is 1.99. The Balaban J connectivity index is 1.88. The number of ether oxygens (including phenoxy) is 1. The van der Waals surface area contributed by atoms with Gasteiger partial charge < -0.3 is 20.7 Å². The molecule has 0 radical (unpaired) electrons. The highest BCUT2D eigenvalue weighted by atomic mass is 19.4. The topological polar surface area (TPSA) is 81.2 Å². The summed E-state index contributed by atoms with van der Waals surface area (Å²) in [5, 5.41) is 7.78. The van der Waals surface area contributed by atoms with Gasteiger partial charge in [0.15, 0.2) is 5.84 Å². The van der Waals surface area contributed by atoms with E-state index >= 15 is 0 Å². The van der Waals surface area contributed by atoms with Crippen LogP contribution in [-0.4, -0.2) is 25.2 Å². The van der Waals surface area contributed by atoms with Gasteiger partial charge in [-0.3, -0.25) is 0 Å². The quantitative estimate of drug-likeness (QED) is 0.408. The fraction of sp³-hybridized carbons (Fsp3) is 0.263. The van der Waals surface area contributed by atoms with E-state index < -0.39 is 11.7 Å².